The first-order chi connectivity index (χ1) is 12.4. The van der Waals surface area contributed by atoms with Gasteiger partial charge in [-0.25, -0.2) is 9.50 Å². The van der Waals surface area contributed by atoms with Gasteiger partial charge in [-0.3, -0.25) is 0 Å². The summed E-state index contributed by atoms with van der Waals surface area (Å²) in [4.78, 5) is 4.47. The van der Waals surface area contributed by atoms with Gasteiger partial charge < -0.3 is 10.1 Å². The van der Waals surface area contributed by atoms with Crippen molar-refractivity contribution < 1.29 is 17.9 Å². The van der Waals surface area contributed by atoms with E-state index in [-0.39, 0.29) is 17.4 Å². The molecule has 2 aromatic heterocycles. The number of nitrogens with zero attached hydrogens (tertiary/aromatic N) is 3. The van der Waals surface area contributed by atoms with Crippen LogP contribution in [0.2, 0.25) is 0 Å². The van der Waals surface area contributed by atoms with Crippen LogP contribution in [0, 0.1) is 0 Å². The second kappa shape index (κ2) is 6.64. The number of fused-ring (bicyclic) bond motifs is 1. The molecule has 0 aliphatic carbocycles. The van der Waals surface area contributed by atoms with Crippen LogP contribution in [0.25, 0.3) is 16.9 Å². The second-order valence-corrected chi connectivity index (χ2v) is 6.86. The molecule has 1 unspecified atom stereocenters. The molecule has 0 radical (unpaired) electrons. The van der Waals surface area contributed by atoms with E-state index < -0.39 is 11.9 Å². The summed E-state index contributed by atoms with van der Waals surface area (Å²) >= 11 is 3.32. The Bertz CT molecular complexity index is 934. The first-order valence-electron chi connectivity index (χ1n) is 7.96. The van der Waals surface area contributed by atoms with Gasteiger partial charge in [-0.1, -0.05) is 28.1 Å². The highest BCUT2D eigenvalue weighted by molar-refractivity contribution is 9.10. The molecule has 5 nitrogen and oxygen atoms in total. The normalized spacial score (nSPS) is 18.4. The summed E-state index contributed by atoms with van der Waals surface area (Å²) in [5, 5.41) is 7.17. The molecule has 1 fully saturated rings. The lowest BCUT2D eigenvalue weighted by Gasteiger charge is -2.23. The quantitative estimate of drug-likeness (QED) is 0.676. The van der Waals surface area contributed by atoms with Gasteiger partial charge in [0.2, 0.25) is 0 Å². The summed E-state index contributed by atoms with van der Waals surface area (Å²) in [7, 11) is 0. The smallest absolute Gasteiger partial charge is 0.378 e. The summed E-state index contributed by atoms with van der Waals surface area (Å²) in [6.07, 6.45) is -3.12. The predicted octanol–water partition coefficient (Wildman–Crippen LogP) is 3.84. The van der Waals surface area contributed by atoms with Crippen LogP contribution in [0.1, 0.15) is 17.3 Å². The Morgan fingerprint density at radius 3 is 2.65 bits per heavy atom. The third-order valence-corrected chi connectivity index (χ3v) is 4.76. The predicted molar refractivity (Wildman–Crippen MR) is 92.7 cm³/mol. The number of alkyl halides is 3. The maximum absolute atomic E-state index is 13.6. The van der Waals surface area contributed by atoms with Crippen molar-refractivity contribution in [1.82, 2.24) is 19.9 Å². The molecular formula is C17H14BrF3N4O. The van der Waals surface area contributed by atoms with E-state index in [4.69, 9.17) is 4.74 Å². The molecule has 4 rings (SSSR count). The average Bonchev–Trinajstić information content (AvgIpc) is 3.05. The number of ether oxygens (including phenoxy) is 1. The van der Waals surface area contributed by atoms with Gasteiger partial charge >= 0.3 is 6.18 Å². The number of hydrogen-bond donors (Lipinski definition) is 1. The monoisotopic (exact) mass is 426 g/mol. The minimum atomic E-state index is -4.55. The maximum atomic E-state index is 13.6. The Balaban J connectivity index is 1.91. The summed E-state index contributed by atoms with van der Waals surface area (Å²) < 4.78 is 47.9. The van der Waals surface area contributed by atoms with Crippen LogP contribution in [0.15, 0.2) is 41.0 Å². The lowest BCUT2D eigenvalue weighted by molar-refractivity contribution is -0.142. The van der Waals surface area contributed by atoms with E-state index in [2.05, 4.69) is 31.3 Å². The van der Waals surface area contributed by atoms with E-state index in [1.165, 1.54) is 6.20 Å². The van der Waals surface area contributed by atoms with E-state index in [1.54, 1.807) is 24.3 Å². The lowest BCUT2D eigenvalue weighted by Crippen LogP contribution is -2.34. The summed E-state index contributed by atoms with van der Waals surface area (Å²) in [6.45, 7) is 1.56. The van der Waals surface area contributed by atoms with Gasteiger partial charge in [-0.2, -0.15) is 18.3 Å². The van der Waals surface area contributed by atoms with Gasteiger partial charge in [0.05, 0.1) is 31.1 Å². The average molecular weight is 427 g/mol. The number of nitrogens with one attached hydrogen (secondary N) is 1. The zero-order valence-electron chi connectivity index (χ0n) is 13.4. The topological polar surface area (TPSA) is 51.5 Å². The molecule has 136 valence electrons. The Hall–Kier alpha value is -1.97. The number of aromatic nitrogens is 3. The molecule has 0 saturated carbocycles. The van der Waals surface area contributed by atoms with Crippen molar-refractivity contribution in [3.8, 4) is 11.3 Å². The standard InChI is InChI=1S/C17H14BrF3N4O/c18-11-3-1-10(2-4-11)13-7-15(17(19,20)21)25-16(24-13)12(8-23-25)14-9-26-6-5-22-14/h1-4,7-8,14,22H,5-6,9H2. The third-order valence-electron chi connectivity index (χ3n) is 4.23. The Labute approximate surface area is 155 Å². The van der Waals surface area contributed by atoms with Crippen molar-refractivity contribution in [3.05, 3.63) is 52.3 Å². The minimum Gasteiger partial charge on any atom is -0.378 e. The fraction of sp³-hybridized carbons (Fsp3) is 0.294. The second-order valence-electron chi connectivity index (χ2n) is 5.95. The molecule has 0 bridgehead atoms. The SMILES string of the molecule is FC(F)(F)c1cc(-c2ccc(Br)cc2)nc2c(C3COCCN3)cnn12. The Morgan fingerprint density at radius 1 is 1.23 bits per heavy atom. The van der Waals surface area contributed by atoms with E-state index in [0.29, 0.717) is 30.9 Å². The van der Waals surface area contributed by atoms with Gasteiger partial charge in [0.25, 0.3) is 0 Å². The largest absolute Gasteiger partial charge is 0.433 e. The first-order valence-corrected chi connectivity index (χ1v) is 8.76. The highest BCUT2D eigenvalue weighted by Gasteiger charge is 2.36. The van der Waals surface area contributed by atoms with Crippen molar-refractivity contribution in [1.29, 1.82) is 0 Å². The van der Waals surface area contributed by atoms with E-state index in [9.17, 15) is 13.2 Å². The fourth-order valence-electron chi connectivity index (χ4n) is 2.96. The van der Waals surface area contributed by atoms with E-state index in [0.717, 1.165) is 15.1 Å². The zero-order chi connectivity index (χ0) is 18.3. The van der Waals surface area contributed by atoms with Crippen molar-refractivity contribution >= 4 is 21.6 Å². The van der Waals surface area contributed by atoms with Gasteiger partial charge in [-0.15, -0.1) is 0 Å². The van der Waals surface area contributed by atoms with Crippen molar-refractivity contribution in [2.75, 3.05) is 19.8 Å². The molecule has 0 spiro atoms. The molecule has 0 amide bonds. The molecule has 1 aliphatic heterocycles. The van der Waals surface area contributed by atoms with E-state index >= 15 is 0 Å². The highest BCUT2D eigenvalue weighted by atomic mass is 79.9. The Kier molecular flexibility index (Phi) is 4.45. The summed E-state index contributed by atoms with van der Waals surface area (Å²) in [5.74, 6) is 0. The zero-order valence-corrected chi connectivity index (χ0v) is 15.0. The molecule has 1 aromatic carbocycles. The lowest BCUT2D eigenvalue weighted by atomic mass is 10.1. The third kappa shape index (κ3) is 3.22. The number of halogens is 4. The number of benzene rings is 1. The molecule has 3 aromatic rings. The molecule has 1 saturated heterocycles. The molecular weight excluding hydrogens is 413 g/mol. The summed E-state index contributed by atoms with van der Waals surface area (Å²) in [5.41, 5.74) is 0.760. The number of hydrogen-bond acceptors (Lipinski definition) is 4. The van der Waals surface area contributed by atoms with Crippen LogP contribution in [-0.4, -0.2) is 34.4 Å². The highest BCUT2D eigenvalue weighted by Crippen LogP contribution is 2.34. The molecule has 9 heteroatoms. The Morgan fingerprint density at radius 2 is 2.00 bits per heavy atom. The molecule has 26 heavy (non-hydrogen) atoms. The number of morpholine rings is 1. The van der Waals surface area contributed by atoms with Crippen LogP contribution in [0.3, 0.4) is 0 Å². The van der Waals surface area contributed by atoms with Crippen LogP contribution in [0.4, 0.5) is 13.2 Å². The molecule has 1 atom stereocenters. The van der Waals surface area contributed by atoms with Crippen LogP contribution in [0.5, 0.6) is 0 Å². The molecule has 3 heterocycles. The van der Waals surface area contributed by atoms with Crippen molar-refractivity contribution in [2.24, 2.45) is 0 Å². The fourth-order valence-corrected chi connectivity index (χ4v) is 3.23. The molecule has 1 aliphatic rings. The van der Waals surface area contributed by atoms with Crippen LogP contribution < -0.4 is 5.32 Å². The number of rotatable bonds is 2. The van der Waals surface area contributed by atoms with E-state index in [1.807, 2.05) is 0 Å². The van der Waals surface area contributed by atoms with Crippen LogP contribution >= 0.6 is 15.9 Å². The van der Waals surface area contributed by atoms with Crippen molar-refractivity contribution in [3.63, 3.8) is 0 Å². The summed E-state index contributed by atoms with van der Waals surface area (Å²) in [6, 6.07) is 7.76. The van der Waals surface area contributed by atoms with Crippen molar-refractivity contribution in [2.45, 2.75) is 12.2 Å². The maximum Gasteiger partial charge on any atom is 0.433 e. The van der Waals surface area contributed by atoms with Gasteiger partial charge in [0.15, 0.2) is 11.3 Å². The van der Waals surface area contributed by atoms with Gasteiger partial charge in [0.1, 0.15) is 0 Å². The first kappa shape index (κ1) is 17.4. The minimum absolute atomic E-state index is 0.181. The van der Waals surface area contributed by atoms with Gasteiger partial charge in [0, 0.05) is 22.1 Å². The molecule has 1 N–H and O–H groups in total. The van der Waals surface area contributed by atoms with Crippen LogP contribution in [-0.2, 0) is 10.9 Å². The van der Waals surface area contributed by atoms with Gasteiger partial charge in [-0.05, 0) is 18.2 Å².